The third-order valence-corrected chi connectivity index (χ3v) is 4.17. The summed E-state index contributed by atoms with van der Waals surface area (Å²) in [6.07, 6.45) is 1.63. The van der Waals surface area contributed by atoms with Gasteiger partial charge in [0.15, 0.2) is 6.61 Å². The molecule has 128 valence electrons. The van der Waals surface area contributed by atoms with Crippen molar-refractivity contribution < 1.29 is 9.36 Å². The number of benzene rings is 2. The zero-order valence-corrected chi connectivity index (χ0v) is 15.6. The van der Waals surface area contributed by atoms with Gasteiger partial charge in [0.1, 0.15) is 0 Å². The Morgan fingerprint density at radius 3 is 2.52 bits per heavy atom. The summed E-state index contributed by atoms with van der Waals surface area (Å²) < 4.78 is 6.22. The van der Waals surface area contributed by atoms with Crippen molar-refractivity contribution in [2.24, 2.45) is 5.16 Å². The third kappa shape index (κ3) is 4.76. The fourth-order valence-corrected chi connectivity index (χ4v) is 2.45. The van der Waals surface area contributed by atoms with Crippen LogP contribution in [0, 0.1) is 0 Å². The Balaban J connectivity index is 1.57. The van der Waals surface area contributed by atoms with E-state index in [0.29, 0.717) is 17.6 Å². The molecule has 0 amide bonds. The second kappa shape index (κ2) is 8.07. The van der Waals surface area contributed by atoms with Crippen LogP contribution in [0.5, 0.6) is 0 Å². The van der Waals surface area contributed by atoms with Gasteiger partial charge in [0, 0.05) is 10.0 Å². The van der Waals surface area contributed by atoms with E-state index in [4.69, 9.17) is 9.36 Å². The summed E-state index contributed by atoms with van der Waals surface area (Å²) in [5, 5.41) is 7.90. The lowest BCUT2D eigenvalue weighted by molar-refractivity contribution is 0.107. The first kappa shape index (κ1) is 17.4. The second-order valence-electron chi connectivity index (χ2n) is 5.85. The summed E-state index contributed by atoms with van der Waals surface area (Å²) >= 11 is 3.39. The van der Waals surface area contributed by atoms with Gasteiger partial charge < -0.3 is 9.36 Å². The Morgan fingerprint density at radius 1 is 1.12 bits per heavy atom. The average molecular weight is 400 g/mol. The molecule has 0 aliphatic heterocycles. The molecule has 0 bridgehead atoms. The Kier molecular flexibility index (Phi) is 5.60. The van der Waals surface area contributed by atoms with Gasteiger partial charge >= 0.3 is 0 Å². The molecule has 5 nitrogen and oxygen atoms in total. The average Bonchev–Trinajstić information content (AvgIpc) is 3.09. The summed E-state index contributed by atoms with van der Waals surface area (Å²) in [7, 11) is 0. The maximum Gasteiger partial charge on any atom is 0.267 e. The second-order valence-corrected chi connectivity index (χ2v) is 6.76. The van der Waals surface area contributed by atoms with Gasteiger partial charge in [-0.05, 0) is 29.2 Å². The molecule has 3 rings (SSSR count). The van der Waals surface area contributed by atoms with Crippen LogP contribution in [-0.2, 0) is 11.4 Å². The van der Waals surface area contributed by atoms with Crippen LogP contribution in [0.1, 0.15) is 36.8 Å². The van der Waals surface area contributed by atoms with E-state index in [2.05, 4.69) is 57.2 Å². The molecule has 6 heteroatoms. The SMILES string of the molecule is CC(C)c1ccc(-c2noc(CO/N=C\c3ccc(Br)cc3)n2)cc1. The zero-order valence-electron chi connectivity index (χ0n) is 14.0. The van der Waals surface area contributed by atoms with Crippen LogP contribution in [0.15, 0.2) is 62.7 Å². The zero-order chi connectivity index (χ0) is 17.6. The van der Waals surface area contributed by atoms with Crippen LogP contribution < -0.4 is 0 Å². The molecule has 3 aromatic rings. The van der Waals surface area contributed by atoms with Gasteiger partial charge in [-0.25, -0.2) is 0 Å². The lowest BCUT2D eigenvalue weighted by Gasteiger charge is -2.04. The highest BCUT2D eigenvalue weighted by Gasteiger charge is 2.09. The number of halogens is 1. The lowest BCUT2D eigenvalue weighted by Crippen LogP contribution is -1.90. The summed E-state index contributed by atoms with van der Waals surface area (Å²) in [6.45, 7) is 4.45. The Morgan fingerprint density at radius 2 is 1.84 bits per heavy atom. The fourth-order valence-electron chi connectivity index (χ4n) is 2.19. The first-order valence-corrected chi connectivity index (χ1v) is 8.75. The van der Waals surface area contributed by atoms with E-state index in [1.54, 1.807) is 6.21 Å². The molecule has 0 N–H and O–H groups in total. The number of rotatable bonds is 6. The van der Waals surface area contributed by atoms with Crippen molar-refractivity contribution in [3.05, 3.63) is 70.0 Å². The van der Waals surface area contributed by atoms with Gasteiger partial charge in [0.2, 0.25) is 5.82 Å². The molecule has 2 aromatic carbocycles. The first-order chi connectivity index (χ1) is 12.1. The van der Waals surface area contributed by atoms with E-state index in [1.807, 2.05) is 36.4 Å². The lowest BCUT2D eigenvalue weighted by atomic mass is 10.0. The Bertz CT molecular complexity index is 840. The van der Waals surface area contributed by atoms with Crippen molar-refractivity contribution in [1.29, 1.82) is 0 Å². The molecule has 1 heterocycles. The minimum Gasteiger partial charge on any atom is -0.386 e. The molecule has 1 aromatic heterocycles. The number of nitrogens with zero attached hydrogens (tertiary/aromatic N) is 3. The van der Waals surface area contributed by atoms with Gasteiger partial charge in [0.05, 0.1) is 6.21 Å². The standard InChI is InChI=1S/C19H18BrN3O2/c1-13(2)15-5-7-16(8-6-15)19-22-18(25-23-19)12-24-21-11-14-3-9-17(20)10-4-14/h3-11,13H,12H2,1-2H3/b21-11-. The summed E-state index contributed by atoms with van der Waals surface area (Å²) in [4.78, 5) is 9.54. The predicted molar refractivity (Wildman–Crippen MR) is 100 cm³/mol. The van der Waals surface area contributed by atoms with Crippen LogP contribution in [-0.4, -0.2) is 16.4 Å². The quantitative estimate of drug-likeness (QED) is 0.423. The van der Waals surface area contributed by atoms with Crippen LogP contribution in [0.25, 0.3) is 11.4 Å². The van der Waals surface area contributed by atoms with Crippen molar-refractivity contribution in [3.63, 3.8) is 0 Å². The number of hydrogen-bond donors (Lipinski definition) is 0. The van der Waals surface area contributed by atoms with Crippen LogP contribution in [0.4, 0.5) is 0 Å². The minimum absolute atomic E-state index is 0.129. The smallest absolute Gasteiger partial charge is 0.267 e. The molecule has 0 aliphatic carbocycles. The molecule has 0 radical (unpaired) electrons. The molecule has 0 saturated heterocycles. The first-order valence-electron chi connectivity index (χ1n) is 7.95. The van der Waals surface area contributed by atoms with Crippen molar-refractivity contribution >= 4 is 22.1 Å². The monoisotopic (exact) mass is 399 g/mol. The van der Waals surface area contributed by atoms with Crippen molar-refractivity contribution in [3.8, 4) is 11.4 Å². The highest BCUT2D eigenvalue weighted by Crippen LogP contribution is 2.20. The van der Waals surface area contributed by atoms with E-state index in [9.17, 15) is 0 Å². The molecular weight excluding hydrogens is 382 g/mol. The summed E-state index contributed by atoms with van der Waals surface area (Å²) in [6, 6.07) is 15.9. The molecule has 0 fully saturated rings. The predicted octanol–water partition coefficient (Wildman–Crippen LogP) is 5.17. The third-order valence-electron chi connectivity index (χ3n) is 3.64. The minimum atomic E-state index is 0.129. The van der Waals surface area contributed by atoms with Gasteiger partial charge in [-0.15, -0.1) is 0 Å². The maximum absolute atomic E-state index is 5.22. The Hall–Kier alpha value is -2.47. The van der Waals surface area contributed by atoms with E-state index < -0.39 is 0 Å². The summed E-state index contributed by atoms with van der Waals surface area (Å²) in [5.41, 5.74) is 3.13. The maximum atomic E-state index is 5.22. The molecule has 0 spiro atoms. The van der Waals surface area contributed by atoms with Crippen molar-refractivity contribution in [1.82, 2.24) is 10.1 Å². The van der Waals surface area contributed by atoms with E-state index in [0.717, 1.165) is 15.6 Å². The highest BCUT2D eigenvalue weighted by atomic mass is 79.9. The van der Waals surface area contributed by atoms with E-state index in [1.165, 1.54) is 5.56 Å². The van der Waals surface area contributed by atoms with E-state index in [-0.39, 0.29) is 6.61 Å². The number of oxime groups is 1. The van der Waals surface area contributed by atoms with Gasteiger partial charge in [-0.1, -0.05) is 76.5 Å². The van der Waals surface area contributed by atoms with Crippen molar-refractivity contribution in [2.75, 3.05) is 0 Å². The van der Waals surface area contributed by atoms with Crippen molar-refractivity contribution in [2.45, 2.75) is 26.4 Å². The van der Waals surface area contributed by atoms with Crippen LogP contribution in [0.3, 0.4) is 0 Å². The number of aromatic nitrogens is 2. The molecular formula is C19H18BrN3O2. The molecule has 0 atom stereocenters. The molecule has 25 heavy (non-hydrogen) atoms. The highest BCUT2D eigenvalue weighted by molar-refractivity contribution is 9.10. The molecule has 0 aliphatic rings. The van der Waals surface area contributed by atoms with Gasteiger partial charge in [0.25, 0.3) is 5.89 Å². The molecule has 0 unspecified atom stereocenters. The largest absolute Gasteiger partial charge is 0.386 e. The number of hydrogen-bond acceptors (Lipinski definition) is 5. The van der Waals surface area contributed by atoms with Crippen LogP contribution in [0.2, 0.25) is 0 Å². The molecule has 0 saturated carbocycles. The van der Waals surface area contributed by atoms with E-state index >= 15 is 0 Å². The van der Waals surface area contributed by atoms with Gasteiger partial charge in [-0.2, -0.15) is 4.98 Å². The van der Waals surface area contributed by atoms with Crippen LogP contribution >= 0.6 is 15.9 Å². The summed E-state index contributed by atoms with van der Waals surface area (Å²) in [5.74, 6) is 1.42. The normalized spacial score (nSPS) is 11.4. The fraction of sp³-hybridized carbons (Fsp3) is 0.211. The topological polar surface area (TPSA) is 60.5 Å². The Labute approximate surface area is 154 Å². The van der Waals surface area contributed by atoms with Gasteiger partial charge in [-0.3, -0.25) is 0 Å².